The number of rotatable bonds is 5. The number of alkyl halides is 2. The molecule has 0 aromatic heterocycles. The molecule has 2 atom stereocenters. The lowest BCUT2D eigenvalue weighted by Gasteiger charge is -2.38. The van der Waals surface area contributed by atoms with E-state index in [4.69, 9.17) is 4.74 Å². The van der Waals surface area contributed by atoms with E-state index in [9.17, 15) is 13.6 Å². The minimum atomic E-state index is -2.32. The molecule has 2 saturated heterocycles. The molecular formula is C16H30F2N4O2. The van der Waals surface area contributed by atoms with Crippen molar-refractivity contribution >= 4 is 6.03 Å². The number of amides is 2. The molecule has 6 nitrogen and oxygen atoms in total. The molecule has 2 rings (SSSR count). The van der Waals surface area contributed by atoms with E-state index in [1.165, 1.54) is 0 Å². The number of hydrogen-bond acceptors (Lipinski definition) is 4. The molecule has 0 aliphatic carbocycles. The van der Waals surface area contributed by atoms with Crippen molar-refractivity contribution in [1.82, 2.24) is 20.0 Å². The first-order valence-corrected chi connectivity index (χ1v) is 8.84. The average molecular weight is 348 g/mol. The summed E-state index contributed by atoms with van der Waals surface area (Å²) in [6, 6.07) is 0.503. The highest BCUT2D eigenvalue weighted by Crippen LogP contribution is 2.10. The normalized spacial score (nSPS) is 25.5. The van der Waals surface area contributed by atoms with Crippen LogP contribution in [0, 0.1) is 0 Å². The Morgan fingerprint density at radius 1 is 1.25 bits per heavy atom. The van der Waals surface area contributed by atoms with Crippen LogP contribution >= 0.6 is 0 Å². The maximum absolute atomic E-state index is 12.5. The number of nitrogens with one attached hydrogen (secondary N) is 1. The fraction of sp³-hybridized carbons (Fsp3) is 0.938. The quantitative estimate of drug-likeness (QED) is 0.808. The molecule has 2 amide bonds. The van der Waals surface area contributed by atoms with E-state index in [2.05, 4.69) is 24.1 Å². The van der Waals surface area contributed by atoms with E-state index in [1.54, 1.807) is 9.80 Å². The molecule has 0 bridgehead atoms. The van der Waals surface area contributed by atoms with Gasteiger partial charge in [0.25, 0.3) is 6.43 Å². The third-order valence-electron chi connectivity index (χ3n) is 4.81. The molecule has 0 saturated carbocycles. The summed E-state index contributed by atoms with van der Waals surface area (Å²) in [5.74, 6) is 0. The first-order chi connectivity index (χ1) is 11.5. The second kappa shape index (κ2) is 9.48. The lowest BCUT2D eigenvalue weighted by molar-refractivity contribution is -0.0177. The van der Waals surface area contributed by atoms with Gasteiger partial charge in [-0.15, -0.1) is 0 Å². The van der Waals surface area contributed by atoms with E-state index >= 15 is 0 Å². The van der Waals surface area contributed by atoms with E-state index in [1.807, 2.05) is 0 Å². The lowest BCUT2D eigenvalue weighted by atomic mass is 10.2. The number of morpholine rings is 1. The van der Waals surface area contributed by atoms with Gasteiger partial charge >= 0.3 is 6.03 Å². The van der Waals surface area contributed by atoms with Gasteiger partial charge in [-0.25, -0.2) is 13.6 Å². The van der Waals surface area contributed by atoms with E-state index < -0.39 is 6.43 Å². The molecule has 24 heavy (non-hydrogen) atoms. The highest BCUT2D eigenvalue weighted by atomic mass is 19.3. The van der Waals surface area contributed by atoms with Crippen LogP contribution in [-0.4, -0.2) is 98.3 Å². The fourth-order valence-corrected chi connectivity index (χ4v) is 3.41. The third kappa shape index (κ3) is 5.82. The minimum absolute atomic E-state index is 0.0957. The maximum Gasteiger partial charge on any atom is 0.317 e. The molecule has 140 valence electrons. The Labute approximate surface area is 143 Å². The largest absolute Gasteiger partial charge is 0.379 e. The second-order valence-electron chi connectivity index (χ2n) is 6.73. The number of carbonyl (C=O) groups is 1. The number of hydrogen-bond donors (Lipinski definition) is 1. The first kappa shape index (κ1) is 19.3. The summed E-state index contributed by atoms with van der Waals surface area (Å²) in [5.41, 5.74) is 0. The Morgan fingerprint density at radius 2 is 2.04 bits per heavy atom. The third-order valence-corrected chi connectivity index (χ3v) is 4.81. The average Bonchev–Trinajstić information content (AvgIpc) is 2.78. The maximum atomic E-state index is 12.5. The van der Waals surface area contributed by atoms with Gasteiger partial charge in [-0.1, -0.05) is 0 Å². The van der Waals surface area contributed by atoms with Crippen molar-refractivity contribution in [1.29, 1.82) is 0 Å². The van der Waals surface area contributed by atoms with Crippen LogP contribution < -0.4 is 5.32 Å². The van der Waals surface area contributed by atoms with E-state index in [-0.39, 0.29) is 18.6 Å². The Balaban J connectivity index is 1.73. The van der Waals surface area contributed by atoms with Gasteiger partial charge in [0, 0.05) is 51.4 Å². The van der Waals surface area contributed by atoms with Gasteiger partial charge < -0.3 is 15.0 Å². The molecular weight excluding hydrogens is 318 g/mol. The SMILES string of the molecule is C[C@@H](CNC(=O)N1CCCN(CC(F)F)CC1)N1CCOC[C@@H]1C. The molecule has 8 heteroatoms. The molecule has 2 fully saturated rings. The summed E-state index contributed by atoms with van der Waals surface area (Å²) in [5, 5.41) is 2.99. The highest BCUT2D eigenvalue weighted by Gasteiger charge is 2.25. The van der Waals surface area contributed by atoms with Crippen LogP contribution in [0.15, 0.2) is 0 Å². The van der Waals surface area contributed by atoms with Crippen molar-refractivity contribution in [3.8, 4) is 0 Å². The van der Waals surface area contributed by atoms with Crippen molar-refractivity contribution in [2.45, 2.75) is 38.8 Å². The smallest absolute Gasteiger partial charge is 0.317 e. The summed E-state index contributed by atoms with van der Waals surface area (Å²) < 4.78 is 30.4. The van der Waals surface area contributed by atoms with Crippen molar-refractivity contribution < 1.29 is 18.3 Å². The lowest BCUT2D eigenvalue weighted by Crippen LogP contribution is -2.53. The first-order valence-electron chi connectivity index (χ1n) is 8.84. The van der Waals surface area contributed by atoms with Gasteiger partial charge in [-0.3, -0.25) is 9.80 Å². The van der Waals surface area contributed by atoms with E-state index in [0.717, 1.165) is 26.2 Å². The van der Waals surface area contributed by atoms with Gasteiger partial charge in [-0.2, -0.15) is 0 Å². The Morgan fingerprint density at radius 3 is 2.75 bits per heavy atom. The molecule has 0 radical (unpaired) electrons. The van der Waals surface area contributed by atoms with Crippen LogP contribution in [0.4, 0.5) is 13.6 Å². The molecule has 0 aromatic carbocycles. The van der Waals surface area contributed by atoms with Crippen LogP contribution in [0.3, 0.4) is 0 Å². The second-order valence-corrected chi connectivity index (χ2v) is 6.73. The Bertz CT molecular complexity index is 400. The van der Waals surface area contributed by atoms with Crippen molar-refractivity contribution in [2.24, 2.45) is 0 Å². The molecule has 2 heterocycles. The van der Waals surface area contributed by atoms with Gasteiger partial charge in [-0.05, 0) is 20.3 Å². The fourth-order valence-electron chi connectivity index (χ4n) is 3.41. The Hall–Kier alpha value is -0.990. The van der Waals surface area contributed by atoms with Gasteiger partial charge in [0.05, 0.1) is 19.8 Å². The van der Waals surface area contributed by atoms with Crippen LogP contribution in [0.2, 0.25) is 0 Å². The summed E-state index contributed by atoms with van der Waals surface area (Å²) >= 11 is 0. The molecule has 1 N–H and O–H groups in total. The Kier molecular flexibility index (Phi) is 7.64. The molecule has 0 spiro atoms. The zero-order chi connectivity index (χ0) is 17.5. The van der Waals surface area contributed by atoms with Crippen molar-refractivity contribution in [3.63, 3.8) is 0 Å². The summed E-state index contributed by atoms with van der Waals surface area (Å²) in [4.78, 5) is 18.2. The zero-order valence-corrected chi connectivity index (χ0v) is 14.7. The van der Waals surface area contributed by atoms with Crippen LogP contribution in [0.5, 0.6) is 0 Å². The predicted molar refractivity (Wildman–Crippen MR) is 88.5 cm³/mol. The molecule has 0 aromatic rings. The predicted octanol–water partition coefficient (Wildman–Crippen LogP) is 1.08. The van der Waals surface area contributed by atoms with Crippen molar-refractivity contribution in [2.75, 3.05) is 59.0 Å². The summed E-state index contributed by atoms with van der Waals surface area (Å²) in [6.07, 6.45) is -1.59. The molecule has 2 aliphatic heterocycles. The molecule has 2 aliphatic rings. The standard InChI is InChI=1S/C16H30F2N4O2/c1-13(22-8-9-24-12-14(22)2)10-19-16(23)21-5-3-4-20(6-7-21)11-15(17)18/h13-15H,3-12H2,1-2H3,(H,19,23)/t13-,14-/m0/s1. The van der Waals surface area contributed by atoms with Gasteiger partial charge in [0.15, 0.2) is 0 Å². The minimum Gasteiger partial charge on any atom is -0.379 e. The van der Waals surface area contributed by atoms with Crippen LogP contribution in [-0.2, 0) is 4.74 Å². The van der Waals surface area contributed by atoms with Crippen molar-refractivity contribution in [3.05, 3.63) is 0 Å². The topological polar surface area (TPSA) is 48.1 Å². The summed E-state index contributed by atoms with van der Waals surface area (Å²) in [7, 11) is 0. The van der Waals surface area contributed by atoms with E-state index in [0.29, 0.717) is 38.8 Å². The van der Waals surface area contributed by atoms with Gasteiger partial charge in [0.1, 0.15) is 0 Å². The van der Waals surface area contributed by atoms with Gasteiger partial charge in [0.2, 0.25) is 0 Å². The number of ether oxygens (including phenoxy) is 1. The zero-order valence-electron chi connectivity index (χ0n) is 14.7. The monoisotopic (exact) mass is 348 g/mol. The highest BCUT2D eigenvalue weighted by molar-refractivity contribution is 5.74. The summed E-state index contributed by atoms with van der Waals surface area (Å²) in [6.45, 7) is 9.20. The van der Waals surface area contributed by atoms with Crippen LogP contribution in [0.25, 0.3) is 0 Å². The van der Waals surface area contributed by atoms with Crippen LogP contribution in [0.1, 0.15) is 20.3 Å². The number of halogens is 2. The number of urea groups is 1. The number of nitrogens with zero attached hydrogens (tertiary/aromatic N) is 3. The number of carbonyl (C=O) groups excluding carboxylic acids is 1. The molecule has 0 unspecified atom stereocenters.